The molecule has 0 radical (unpaired) electrons. The molecule has 0 amide bonds. The Morgan fingerprint density at radius 2 is 1.92 bits per heavy atom. The molecule has 2 heterocycles. The Balaban J connectivity index is 1.93. The Hall–Kier alpha value is -1.81. The third kappa shape index (κ3) is 3.64. The molecule has 1 saturated heterocycles. The molecule has 130 valence electrons. The number of aromatic nitrogens is 2. The fourth-order valence-electron chi connectivity index (χ4n) is 2.59. The van der Waals surface area contributed by atoms with Gasteiger partial charge in [-0.3, -0.25) is 0 Å². The van der Waals surface area contributed by atoms with E-state index in [9.17, 15) is 12.8 Å². The highest BCUT2D eigenvalue weighted by Gasteiger charge is 2.30. The van der Waals surface area contributed by atoms with Crippen molar-refractivity contribution in [3.63, 3.8) is 0 Å². The second-order valence-corrected chi connectivity index (χ2v) is 7.22. The number of halogens is 1. The van der Waals surface area contributed by atoms with Crippen LogP contribution in [0.1, 0.15) is 17.4 Å². The van der Waals surface area contributed by atoms with Gasteiger partial charge in [0.1, 0.15) is 17.7 Å². The SMILES string of the molecule is Cn1ccnc1[C@H](NS(=O)(=O)N1CCOCC1)c1ccc(F)cc1. The number of hydrogen-bond acceptors (Lipinski definition) is 4. The summed E-state index contributed by atoms with van der Waals surface area (Å²) in [6, 6.07) is 4.99. The topological polar surface area (TPSA) is 76.5 Å². The first-order valence-corrected chi connectivity index (χ1v) is 8.99. The van der Waals surface area contributed by atoms with Crippen LogP contribution in [0.5, 0.6) is 0 Å². The summed E-state index contributed by atoms with van der Waals surface area (Å²) < 4.78 is 49.6. The molecule has 3 rings (SSSR count). The molecule has 7 nitrogen and oxygen atoms in total. The summed E-state index contributed by atoms with van der Waals surface area (Å²) in [6.45, 7) is 1.33. The molecule has 2 aromatic rings. The molecule has 1 aliphatic heterocycles. The van der Waals surface area contributed by atoms with Crippen molar-refractivity contribution in [2.75, 3.05) is 26.3 Å². The summed E-state index contributed by atoms with van der Waals surface area (Å²) in [4.78, 5) is 4.24. The van der Waals surface area contributed by atoms with Crippen LogP contribution >= 0.6 is 0 Å². The van der Waals surface area contributed by atoms with Crippen molar-refractivity contribution in [1.29, 1.82) is 0 Å². The predicted octanol–water partition coefficient (Wildman–Crippen LogP) is 0.815. The summed E-state index contributed by atoms with van der Waals surface area (Å²) in [5.74, 6) is 0.145. The number of imidazole rings is 1. The van der Waals surface area contributed by atoms with Gasteiger partial charge in [-0.1, -0.05) is 12.1 Å². The van der Waals surface area contributed by atoms with Crippen molar-refractivity contribution >= 4 is 10.2 Å². The van der Waals surface area contributed by atoms with Crippen LogP contribution in [0.3, 0.4) is 0 Å². The zero-order chi connectivity index (χ0) is 17.2. The number of nitrogens with zero attached hydrogens (tertiary/aromatic N) is 3. The fraction of sp³-hybridized carbons (Fsp3) is 0.400. The van der Waals surface area contributed by atoms with E-state index in [-0.39, 0.29) is 5.82 Å². The second-order valence-electron chi connectivity index (χ2n) is 5.52. The Bertz CT molecular complexity index is 785. The van der Waals surface area contributed by atoms with Crippen molar-refractivity contribution < 1.29 is 17.5 Å². The van der Waals surface area contributed by atoms with Crippen molar-refractivity contribution in [2.24, 2.45) is 7.05 Å². The lowest BCUT2D eigenvalue weighted by atomic mass is 10.1. The molecular formula is C15H19FN4O3S. The molecule has 1 N–H and O–H groups in total. The standard InChI is InChI=1S/C15H19FN4O3S/c1-19-7-6-17-15(19)14(12-2-4-13(16)5-3-12)18-24(21,22)20-8-10-23-11-9-20/h2-7,14,18H,8-11H2,1H3/t14-/m1/s1. The fourth-order valence-corrected chi connectivity index (χ4v) is 3.91. The number of nitrogens with one attached hydrogen (secondary N) is 1. The molecule has 9 heteroatoms. The van der Waals surface area contributed by atoms with Crippen molar-refractivity contribution in [1.82, 2.24) is 18.6 Å². The molecule has 0 spiro atoms. The van der Waals surface area contributed by atoms with Gasteiger partial charge in [0.2, 0.25) is 0 Å². The summed E-state index contributed by atoms with van der Waals surface area (Å²) in [5.41, 5.74) is 0.613. The first-order valence-electron chi connectivity index (χ1n) is 7.55. The monoisotopic (exact) mass is 354 g/mol. The van der Waals surface area contributed by atoms with Gasteiger partial charge in [-0.05, 0) is 17.7 Å². The highest BCUT2D eigenvalue weighted by Crippen LogP contribution is 2.22. The molecule has 0 saturated carbocycles. The normalized spacial score (nSPS) is 17.8. The first kappa shape index (κ1) is 17.0. The Kier molecular flexibility index (Phi) is 4.95. The Morgan fingerprint density at radius 1 is 1.25 bits per heavy atom. The van der Waals surface area contributed by atoms with Crippen molar-refractivity contribution in [3.8, 4) is 0 Å². The lowest BCUT2D eigenvalue weighted by Gasteiger charge is -2.28. The van der Waals surface area contributed by atoms with Crippen molar-refractivity contribution in [3.05, 3.63) is 53.9 Å². The first-order chi connectivity index (χ1) is 11.5. The van der Waals surface area contributed by atoms with E-state index in [0.717, 1.165) is 0 Å². The minimum Gasteiger partial charge on any atom is -0.379 e. The van der Waals surface area contributed by atoms with Crippen LogP contribution in [0.25, 0.3) is 0 Å². The molecule has 1 atom stereocenters. The van der Waals surface area contributed by atoms with E-state index in [1.807, 2.05) is 0 Å². The third-order valence-corrected chi connectivity index (χ3v) is 5.48. The van der Waals surface area contributed by atoms with E-state index in [1.165, 1.54) is 16.4 Å². The van der Waals surface area contributed by atoms with Gasteiger partial charge in [0.25, 0.3) is 10.2 Å². The van der Waals surface area contributed by atoms with Gasteiger partial charge in [0.05, 0.1) is 13.2 Å². The van der Waals surface area contributed by atoms with Crippen LogP contribution < -0.4 is 4.72 Å². The number of ether oxygens (including phenoxy) is 1. The maximum atomic E-state index is 13.2. The maximum absolute atomic E-state index is 13.2. The zero-order valence-electron chi connectivity index (χ0n) is 13.2. The van der Waals surface area contributed by atoms with Gasteiger partial charge in [-0.25, -0.2) is 9.37 Å². The van der Waals surface area contributed by atoms with E-state index < -0.39 is 16.3 Å². The molecule has 0 aliphatic carbocycles. The van der Waals surface area contributed by atoms with E-state index in [2.05, 4.69) is 9.71 Å². The molecule has 24 heavy (non-hydrogen) atoms. The summed E-state index contributed by atoms with van der Waals surface area (Å²) in [6.07, 6.45) is 3.32. The second kappa shape index (κ2) is 6.98. The Labute approximate surface area is 140 Å². The number of aryl methyl sites for hydroxylation is 1. The summed E-state index contributed by atoms with van der Waals surface area (Å²) in [5, 5.41) is 0. The quantitative estimate of drug-likeness (QED) is 0.862. The average molecular weight is 354 g/mol. The molecule has 0 bridgehead atoms. The largest absolute Gasteiger partial charge is 0.379 e. The summed E-state index contributed by atoms with van der Waals surface area (Å²) in [7, 11) is -1.95. The van der Waals surface area contributed by atoms with Gasteiger partial charge in [-0.2, -0.15) is 17.4 Å². The van der Waals surface area contributed by atoms with Gasteiger partial charge in [0, 0.05) is 32.5 Å². The predicted molar refractivity (Wildman–Crippen MR) is 85.9 cm³/mol. The number of rotatable bonds is 5. The van der Waals surface area contributed by atoms with Crippen LogP contribution in [0.4, 0.5) is 4.39 Å². The minimum atomic E-state index is -3.73. The molecular weight excluding hydrogens is 335 g/mol. The van der Waals surface area contributed by atoms with Crippen LogP contribution in [0.2, 0.25) is 0 Å². The molecule has 1 aromatic carbocycles. The summed E-state index contributed by atoms with van der Waals surface area (Å²) >= 11 is 0. The van der Waals surface area contributed by atoms with E-state index in [1.54, 1.807) is 36.1 Å². The number of hydrogen-bond donors (Lipinski definition) is 1. The van der Waals surface area contributed by atoms with Gasteiger partial charge in [-0.15, -0.1) is 0 Å². The molecule has 0 unspecified atom stereocenters. The van der Waals surface area contributed by atoms with Crippen LogP contribution in [0.15, 0.2) is 36.7 Å². The molecule has 1 aliphatic rings. The van der Waals surface area contributed by atoms with Gasteiger partial charge < -0.3 is 9.30 Å². The Morgan fingerprint density at radius 3 is 2.50 bits per heavy atom. The lowest BCUT2D eigenvalue weighted by Crippen LogP contribution is -2.48. The average Bonchev–Trinajstić information content (AvgIpc) is 3.00. The van der Waals surface area contributed by atoms with Crippen LogP contribution in [-0.2, 0) is 22.0 Å². The highest BCUT2D eigenvalue weighted by atomic mass is 32.2. The van der Waals surface area contributed by atoms with E-state index in [4.69, 9.17) is 4.74 Å². The van der Waals surface area contributed by atoms with E-state index in [0.29, 0.717) is 37.7 Å². The smallest absolute Gasteiger partial charge is 0.280 e. The maximum Gasteiger partial charge on any atom is 0.280 e. The minimum absolute atomic E-state index is 0.298. The number of morpholine rings is 1. The number of benzene rings is 1. The highest BCUT2D eigenvalue weighted by molar-refractivity contribution is 7.87. The van der Waals surface area contributed by atoms with Gasteiger partial charge >= 0.3 is 0 Å². The molecule has 1 aromatic heterocycles. The van der Waals surface area contributed by atoms with E-state index >= 15 is 0 Å². The van der Waals surface area contributed by atoms with Gasteiger partial charge in [0.15, 0.2) is 0 Å². The lowest BCUT2D eigenvalue weighted by molar-refractivity contribution is 0.0723. The van der Waals surface area contributed by atoms with Crippen molar-refractivity contribution in [2.45, 2.75) is 6.04 Å². The van der Waals surface area contributed by atoms with Crippen LogP contribution in [-0.4, -0.2) is 48.6 Å². The third-order valence-electron chi connectivity index (χ3n) is 3.90. The zero-order valence-corrected chi connectivity index (χ0v) is 14.0. The van der Waals surface area contributed by atoms with Crippen LogP contribution in [0, 0.1) is 5.82 Å². The molecule has 1 fully saturated rings.